The van der Waals surface area contributed by atoms with E-state index in [1.54, 1.807) is 24.3 Å². The molecule has 72 valence electrons. The van der Waals surface area contributed by atoms with Crippen molar-refractivity contribution in [3.63, 3.8) is 0 Å². The van der Waals surface area contributed by atoms with E-state index in [0.717, 1.165) is 0 Å². The maximum atomic E-state index is 11.1. The number of hydrogen-bond donors (Lipinski definition) is 2. The molecule has 0 unspecified atom stereocenters. The smallest absolute Gasteiger partial charge is 0.217 e. The van der Waals surface area contributed by atoms with E-state index in [-0.39, 0.29) is 5.75 Å². The van der Waals surface area contributed by atoms with E-state index < -0.39 is 16.8 Å². The van der Waals surface area contributed by atoms with Gasteiger partial charge < -0.3 is 5.11 Å². The van der Waals surface area contributed by atoms with Crippen LogP contribution in [0.5, 0.6) is 0 Å². The number of rotatable bonds is 4. The lowest BCUT2D eigenvalue weighted by Gasteiger charge is -2.02. The minimum atomic E-state index is -3.38. The first-order valence-electron chi connectivity index (χ1n) is 3.76. The van der Waals surface area contributed by atoms with E-state index in [2.05, 4.69) is 0 Å². The van der Waals surface area contributed by atoms with Crippen LogP contribution in [0.1, 0.15) is 5.56 Å². The molecule has 0 aliphatic rings. The van der Waals surface area contributed by atoms with Crippen molar-refractivity contribution in [2.45, 2.75) is 5.75 Å². The van der Waals surface area contributed by atoms with Crippen LogP contribution in [0.3, 0.4) is 0 Å². The van der Waals surface area contributed by atoms with Crippen LogP contribution in [0.15, 0.2) is 30.3 Å². The highest BCUT2D eigenvalue weighted by Gasteiger charge is 2.08. The van der Waals surface area contributed by atoms with Crippen molar-refractivity contribution in [3.05, 3.63) is 35.9 Å². The Morgan fingerprint density at radius 3 is 2.38 bits per heavy atom. The fraction of sp³-hybridized carbons (Fsp3) is 0.250. The molecule has 1 aromatic carbocycles. The molecule has 1 rings (SSSR count). The number of aliphatic hydroxyl groups excluding tert-OH is 1. The molecule has 0 saturated carbocycles. The SMILES string of the molecule is O=S(=O)(Cc1ccccc1)NCO. The van der Waals surface area contributed by atoms with Crippen LogP contribution in [0.2, 0.25) is 0 Å². The van der Waals surface area contributed by atoms with Gasteiger partial charge in [-0.1, -0.05) is 30.3 Å². The van der Waals surface area contributed by atoms with Crippen molar-refractivity contribution >= 4 is 10.0 Å². The van der Waals surface area contributed by atoms with Gasteiger partial charge in [-0.05, 0) is 5.56 Å². The molecule has 13 heavy (non-hydrogen) atoms. The van der Waals surface area contributed by atoms with Crippen LogP contribution in [-0.2, 0) is 15.8 Å². The van der Waals surface area contributed by atoms with Gasteiger partial charge in [-0.3, -0.25) is 0 Å². The lowest BCUT2D eigenvalue weighted by atomic mass is 10.2. The molecule has 0 heterocycles. The summed E-state index contributed by atoms with van der Waals surface area (Å²) < 4.78 is 24.3. The third-order valence-electron chi connectivity index (χ3n) is 1.48. The quantitative estimate of drug-likeness (QED) is 0.677. The van der Waals surface area contributed by atoms with Gasteiger partial charge >= 0.3 is 0 Å². The van der Waals surface area contributed by atoms with Crippen LogP contribution in [-0.4, -0.2) is 20.3 Å². The monoisotopic (exact) mass is 201 g/mol. The number of benzene rings is 1. The van der Waals surface area contributed by atoms with Gasteiger partial charge in [-0.15, -0.1) is 0 Å². The average molecular weight is 201 g/mol. The van der Waals surface area contributed by atoms with Gasteiger partial charge in [0.1, 0.15) is 6.73 Å². The van der Waals surface area contributed by atoms with Crippen LogP contribution in [0.25, 0.3) is 0 Å². The Hall–Kier alpha value is -0.910. The largest absolute Gasteiger partial charge is 0.380 e. The van der Waals surface area contributed by atoms with E-state index in [1.807, 2.05) is 10.8 Å². The third kappa shape index (κ3) is 3.54. The number of sulfonamides is 1. The minimum Gasteiger partial charge on any atom is -0.380 e. The van der Waals surface area contributed by atoms with Crippen molar-refractivity contribution in [2.24, 2.45) is 0 Å². The van der Waals surface area contributed by atoms with Gasteiger partial charge in [-0.25, -0.2) is 8.42 Å². The zero-order valence-corrected chi connectivity index (χ0v) is 7.79. The van der Waals surface area contributed by atoms with E-state index in [9.17, 15) is 8.42 Å². The lowest BCUT2D eigenvalue weighted by molar-refractivity contribution is 0.288. The van der Waals surface area contributed by atoms with Gasteiger partial charge in [-0.2, -0.15) is 4.72 Å². The molecule has 2 N–H and O–H groups in total. The molecular formula is C8H11NO3S. The Labute approximate surface area is 77.3 Å². The maximum absolute atomic E-state index is 11.1. The van der Waals surface area contributed by atoms with E-state index >= 15 is 0 Å². The normalized spacial score (nSPS) is 11.5. The van der Waals surface area contributed by atoms with Crippen molar-refractivity contribution in [1.82, 2.24) is 4.72 Å². The number of nitrogens with one attached hydrogen (secondary N) is 1. The van der Waals surface area contributed by atoms with Crippen LogP contribution in [0.4, 0.5) is 0 Å². The Morgan fingerprint density at radius 2 is 1.85 bits per heavy atom. The summed E-state index contributed by atoms with van der Waals surface area (Å²) in [5.41, 5.74) is 0.698. The summed E-state index contributed by atoms with van der Waals surface area (Å²) in [7, 11) is -3.38. The first-order chi connectivity index (χ1) is 6.14. The molecule has 0 aromatic heterocycles. The molecule has 4 nitrogen and oxygen atoms in total. The second kappa shape index (κ2) is 4.36. The van der Waals surface area contributed by atoms with Crippen molar-refractivity contribution < 1.29 is 13.5 Å². The molecule has 0 aliphatic heterocycles. The highest BCUT2D eigenvalue weighted by molar-refractivity contribution is 7.88. The fourth-order valence-corrected chi connectivity index (χ4v) is 1.87. The average Bonchev–Trinajstić information content (AvgIpc) is 2.04. The number of aliphatic hydroxyl groups is 1. The summed E-state index contributed by atoms with van der Waals surface area (Å²) >= 11 is 0. The highest BCUT2D eigenvalue weighted by atomic mass is 32.2. The van der Waals surface area contributed by atoms with Gasteiger partial charge in [0, 0.05) is 0 Å². The summed E-state index contributed by atoms with van der Waals surface area (Å²) in [6.45, 7) is -0.560. The molecule has 0 amide bonds. The molecular weight excluding hydrogens is 190 g/mol. The molecule has 0 atom stereocenters. The highest BCUT2D eigenvalue weighted by Crippen LogP contribution is 2.03. The van der Waals surface area contributed by atoms with Gasteiger partial charge in [0.25, 0.3) is 0 Å². The summed E-state index contributed by atoms with van der Waals surface area (Å²) in [6, 6.07) is 8.79. The topological polar surface area (TPSA) is 66.4 Å². The van der Waals surface area contributed by atoms with Crippen molar-refractivity contribution in [3.8, 4) is 0 Å². The van der Waals surface area contributed by atoms with Gasteiger partial charge in [0.2, 0.25) is 10.0 Å². The molecule has 5 heteroatoms. The van der Waals surface area contributed by atoms with Gasteiger partial charge in [0.15, 0.2) is 0 Å². The van der Waals surface area contributed by atoms with E-state index in [4.69, 9.17) is 5.11 Å². The van der Waals surface area contributed by atoms with Crippen molar-refractivity contribution in [2.75, 3.05) is 6.73 Å². The molecule has 0 spiro atoms. The zero-order chi connectivity index (χ0) is 9.73. The van der Waals surface area contributed by atoms with Crippen molar-refractivity contribution in [1.29, 1.82) is 0 Å². The van der Waals surface area contributed by atoms with Crippen LogP contribution >= 0.6 is 0 Å². The Kier molecular flexibility index (Phi) is 3.41. The van der Waals surface area contributed by atoms with Gasteiger partial charge in [0.05, 0.1) is 5.75 Å². The molecule has 0 aliphatic carbocycles. The second-order valence-corrected chi connectivity index (χ2v) is 4.35. The lowest BCUT2D eigenvalue weighted by Crippen LogP contribution is -2.25. The van der Waals surface area contributed by atoms with E-state index in [0.29, 0.717) is 5.56 Å². The Bertz CT molecular complexity index is 347. The minimum absolute atomic E-state index is 0.103. The summed E-state index contributed by atoms with van der Waals surface area (Å²) in [5.74, 6) is -0.103. The molecule has 1 aromatic rings. The second-order valence-electron chi connectivity index (χ2n) is 2.55. The van der Waals surface area contributed by atoms with E-state index in [1.165, 1.54) is 0 Å². The Balaban J connectivity index is 2.70. The standard InChI is InChI=1S/C8H11NO3S/c10-7-9-13(11,12)6-8-4-2-1-3-5-8/h1-5,9-10H,6-7H2. The predicted molar refractivity (Wildman–Crippen MR) is 49.3 cm³/mol. The molecule has 0 fully saturated rings. The zero-order valence-electron chi connectivity index (χ0n) is 6.97. The van der Waals surface area contributed by atoms with Crippen LogP contribution in [0, 0.1) is 0 Å². The summed E-state index contributed by atoms with van der Waals surface area (Å²) in [6.07, 6.45) is 0. The fourth-order valence-electron chi connectivity index (χ4n) is 0.943. The molecule has 0 bridgehead atoms. The number of hydrogen-bond acceptors (Lipinski definition) is 3. The summed E-state index contributed by atoms with van der Waals surface area (Å²) in [5, 5.41) is 8.39. The molecule has 0 radical (unpaired) electrons. The first-order valence-corrected chi connectivity index (χ1v) is 5.41. The summed E-state index contributed by atoms with van der Waals surface area (Å²) in [4.78, 5) is 0. The Morgan fingerprint density at radius 1 is 1.23 bits per heavy atom. The van der Waals surface area contributed by atoms with Crippen LogP contribution < -0.4 is 4.72 Å². The third-order valence-corrected chi connectivity index (χ3v) is 2.77. The maximum Gasteiger partial charge on any atom is 0.217 e. The molecule has 0 saturated heterocycles. The predicted octanol–water partition coefficient (Wildman–Crippen LogP) is 0.0558. The first kappa shape index (κ1) is 10.2.